The zero-order valence-corrected chi connectivity index (χ0v) is 17.0. The van der Waals surface area contributed by atoms with E-state index in [2.05, 4.69) is 34.9 Å². The summed E-state index contributed by atoms with van der Waals surface area (Å²) < 4.78 is 38.9. The van der Waals surface area contributed by atoms with Crippen molar-refractivity contribution in [3.05, 3.63) is 29.8 Å². The summed E-state index contributed by atoms with van der Waals surface area (Å²) >= 11 is 0. The molecule has 27 heavy (non-hydrogen) atoms. The van der Waals surface area contributed by atoms with E-state index in [9.17, 15) is 13.2 Å². The maximum atomic E-state index is 13.0. The molecule has 2 aliphatic rings. The fraction of sp³-hybridized carbons (Fsp3) is 0.714. The first-order valence-corrected chi connectivity index (χ1v) is 10.1. The molecule has 154 valence electrons. The largest absolute Gasteiger partial charge is 0.391 e. The average Bonchev–Trinajstić information content (AvgIpc) is 2.66. The summed E-state index contributed by atoms with van der Waals surface area (Å²) in [5, 5.41) is 0. The minimum absolute atomic E-state index is 0. The standard InChI is InChI=1S/C21H31F3N2.ClH/c1-2-3-12-25-13-15-26(16-14-25)20-7-5-4-6-19(20)17-8-10-18(11-9-17)21(22,23)24;/h4-7,17-18H,2-3,8-16H2,1H3;1H. The first kappa shape index (κ1) is 22.4. The van der Waals surface area contributed by atoms with E-state index in [1.54, 1.807) is 0 Å². The van der Waals surface area contributed by atoms with Crippen LogP contribution >= 0.6 is 12.4 Å². The Morgan fingerprint density at radius 2 is 1.59 bits per heavy atom. The minimum Gasteiger partial charge on any atom is -0.369 e. The van der Waals surface area contributed by atoms with E-state index in [0.29, 0.717) is 12.8 Å². The zero-order valence-electron chi connectivity index (χ0n) is 16.2. The third-order valence-corrected chi connectivity index (χ3v) is 6.11. The van der Waals surface area contributed by atoms with Crippen LogP contribution in [0.15, 0.2) is 24.3 Å². The quantitative estimate of drug-likeness (QED) is 0.605. The van der Waals surface area contributed by atoms with Crippen molar-refractivity contribution in [3.8, 4) is 0 Å². The highest BCUT2D eigenvalue weighted by Crippen LogP contribution is 2.44. The lowest BCUT2D eigenvalue weighted by Gasteiger charge is -2.38. The smallest absolute Gasteiger partial charge is 0.369 e. The van der Waals surface area contributed by atoms with Gasteiger partial charge in [-0.2, -0.15) is 13.2 Å². The van der Waals surface area contributed by atoms with Crippen molar-refractivity contribution in [2.24, 2.45) is 5.92 Å². The first-order valence-electron chi connectivity index (χ1n) is 10.1. The highest BCUT2D eigenvalue weighted by atomic mass is 35.5. The molecule has 0 spiro atoms. The lowest BCUT2D eigenvalue weighted by molar-refractivity contribution is -0.182. The molecular weight excluding hydrogens is 373 g/mol. The van der Waals surface area contributed by atoms with E-state index < -0.39 is 12.1 Å². The molecule has 1 saturated heterocycles. The number of alkyl halides is 3. The molecular formula is C21H32ClF3N2. The predicted molar refractivity (Wildman–Crippen MR) is 108 cm³/mol. The van der Waals surface area contributed by atoms with Gasteiger partial charge in [-0.1, -0.05) is 31.5 Å². The van der Waals surface area contributed by atoms with Gasteiger partial charge in [-0.05, 0) is 56.2 Å². The third-order valence-electron chi connectivity index (χ3n) is 6.11. The Labute approximate surface area is 167 Å². The summed E-state index contributed by atoms with van der Waals surface area (Å²) in [7, 11) is 0. The van der Waals surface area contributed by atoms with Crippen molar-refractivity contribution in [1.82, 2.24) is 4.90 Å². The normalized spacial score (nSPS) is 24.5. The van der Waals surface area contributed by atoms with E-state index in [4.69, 9.17) is 0 Å². The molecule has 1 aliphatic heterocycles. The number of piperazine rings is 1. The number of para-hydroxylation sites is 1. The SMILES string of the molecule is CCCCN1CCN(c2ccccc2C2CCC(C(F)(F)F)CC2)CC1.Cl. The second kappa shape index (κ2) is 10.0. The van der Waals surface area contributed by atoms with E-state index in [1.807, 2.05) is 6.07 Å². The number of hydrogen-bond acceptors (Lipinski definition) is 2. The average molecular weight is 405 g/mol. The van der Waals surface area contributed by atoms with Gasteiger partial charge in [-0.25, -0.2) is 0 Å². The first-order chi connectivity index (χ1) is 12.5. The molecule has 1 aromatic rings. The summed E-state index contributed by atoms with van der Waals surface area (Å²) in [5.41, 5.74) is 2.51. The van der Waals surface area contributed by atoms with Gasteiger partial charge in [0, 0.05) is 31.9 Å². The molecule has 1 aromatic carbocycles. The molecule has 0 amide bonds. The number of unbranched alkanes of at least 4 members (excludes halogenated alkanes) is 1. The molecule has 0 aromatic heterocycles. The number of halogens is 4. The van der Waals surface area contributed by atoms with Crippen LogP contribution in [0.3, 0.4) is 0 Å². The van der Waals surface area contributed by atoms with Crippen molar-refractivity contribution in [1.29, 1.82) is 0 Å². The fourth-order valence-electron chi connectivity index (χ4n) is 4.45. The molecule has 0 radical (unpaired) electrons. The van der Waals surface area contributed by atoms with Crippen LogP contribution < -0.4 is 4.90 Å². The summed E-state index contributed by atoms with van der Waals surface area (Å²) in [6, 6.07) is 8.39. The fourth-order valence-corrected chi connectivity index (χ4v) is 4.45. The topological polar surface area (TPSA) is 6.48 Å². The summed E-state index contributed by atoms with van der Waals surface area (Å²) in [6.07, 6.45) is 0.290. The van der Waals surface area contributed by atoms with Gasteiger partial charge in [0.05, 0.1) is 5.92 Å². The number of hydrogen-bond donors (Lipinski definition) is 0. The van der Waals surface area contributed by atoms with Crippen molar-refractivity contribution in [3.63, 3.8) is 0 Å². The van der Waals surface area contributed by atoms with Crippen molar-refractivity contribution in [2.75, 3.05) is 37.6 Å². The molecule has 6 heteroatoms. The van der Waals surface area contributed by atoms with Crippen LogP contribution in [0.25, 0.3) is 0 Å². The lowest BCUT2D eigenvalue weighted by Crippen LogP contribution is -2.47. The maximum Gasteiger partial charge on any atom is 0.391 e. The van der Waals surface area contributed by atoms with Gasteiger partial charge in [-0.15, -0.1) is 12.4 Å². The minimum atomic E-state index is -4.03. The molecule has 1 heterocycles. The zero-order chi connectivity index (χ0) is 18.6. The number of benzene rings is 1. The highest BCUT2D eigenvalue weighted by Gasteiger charge is 2.41. The molecule has 0 N–H and O–H groups in total. The Morgan fingerprint density at radius 1 is 0.963 bits per heavy atom. The molecule has 2 fully saturated rings. The van der Waals surface area contributed by atoms with Gasteiger partial charge >= 0.3 is 6.18 Å². The summed E-state index contributed by atoms with van der Waals surface area (Å²) in [4.78, 5) is 4.96. The Morgan fingerprint density at radius 3 is 2.19 bits per heavy atom. The van der Waals surface area contributed by atoms with Crippen LogP contribution in [0.2, 0.25) is 0 Å². The number of anilines is 1. The molecule has 3 rings (SSSR count). The van der Waals surface area contributed by atoms with Crippen LogP contribution in [0.4, 0.5) is 18.9 Å². The molecule has 0 unspecified atom stereocenters. The number of nitrogens with zero attached hydrogens (tertiary/aromatic N) is 2. The van der Waals surface area contributed by atoms with Gasteiger partial charge in [0.2, 0.25) is 0 Å². The summed E-state index contributed by atoms with van der Waals surface area (Å²) in [6.45, 7) is 7.58. The maximum absolute atomic E-state index is 13.0. The van der Waals surface area contributed by atoms with Crippen molar-refractivity contribution >= 4 is 18.1 Å². The monoisotopic (exact) mass is 404 g/mol. The summed E-state index contributed by atoms with van der Waals surface area (Å²) in [5.74, 6) is -0.837. The van der Waals surface area contributed by atoms with Gasteiger partial charge in [0.25, 0.3) is 0 Å². The van der Waals surface area contributed by atoms with Crippen LogP contribution in [0.1, 0.15) is 56.9 Å². The van der Waals surface area contributed by atoms with Crippen LogP contribution in [0, 0.1) is 5.92 Å². The van der Waals surface area contributed by atoms with Gasteiger partial charge in [0.15, 0.2) is 0 Å². The predicted octanol–water partition coefficient (Wildman–Crippen LogP) is 5.87. The Balaban J connectivity index is 0.00000261. The number of rotatable bonds is 5. The van der Waals surface area contributed by atoms with Crippen molar-refractivity contribution < 1.29 is 13.2 Å². The molecule has 1 saturated carbocycles. The van der Waals surface area contributed by atoms with Gasteiger partial charge < -0.3 is 4.90 Å². The molecule has 2 nitrogen and oxygen atoms in total. The Bertz CT molecular complexity index is 563. The lowest BCUT2D eigenvalue weighted by atomic mass is 9.78. The molecule has 0 bridgehead atoms. The molecule has 0 atom stereocenters. The van der Waals surface area contributed by atoms with Crippen LogP contribution in [0.5, 0.6) is 0 Å². The third kappa shape index (κ3) is 5.77. The van der Waals surface area contributed by atoms with Crippen LogP contribution in [-0.2, 0) is 0 Å². The highest BCUT2D eigenvalue weighted by molar-refractivity contribution is 5.85. The van der Waals surface area contributed by atoms with Gasteiger partial charge in [-0.3, -0.25) is 4.90 Å². The second-order valence-electron chi connectivity index (χ2n) is 7.83. The Hall–Kier alpha value is -0.940. The van der Waals surface area contributed by atoms with Crippen molar-refractivity contribution in [2.45, 2.75) is 57.5 Å². The Kier molecular flexibility index (Phi) is 8.29. The van der Waals surface area contributed by atoms with Gasteiger partial charge in [0.1, 0.15) is 0 Å². The van der Waals surface area contributed by atoms with Crippen LogP contribution in [-0.4, -0.2) is 43.8 Å². The van der Waals surface area contributed by atoms with E-state index in [-0.39, 0.29) is 31.2 Å². The molecule has 1 aliphatic carbocycles. The van der Waals surface area contributed by atoms with E-state index in [0.717, 1.165) is 26.2 Å². The van der Waals surface area contributed by atoms with E-state index >= 15 is 0 Å². The second-order valence-corrected chi connectivity index (χ2v) is 7.83. The van der Waals surface area contributed by atoms with E-state index in [1.165, 1.54) is 30.6 Å².